The van der Waals surface area contributed by atoms with E-state index in [4.69, 9.17) is 0 Å². The average Bonchev–Trinajstić information content (AvgIpc) is 3.05. The van der Waals surface area contributed by atoms with E-state index in [2.05, 4.69) is 5.32 Å². The van der Waals surface area contributed by atoms with Crippen molar-refractivity contribution in [3.8, 4) is 5.69 Å². The van der Waals surface area contributed by atoms with Crippen LogP contribution in [-0.2, 0) is 4.79 Å². The van der Waals surface area contributed by atoms with Gasteiger partial charge in [0.2, 0.25) is 0 Å². The van der Waals surface area contributed by atoms with Crippen molar-refractivity contribution >= 4 is 11.9 Å². The Morgan fingerprint density at radius 2 is 1.95 bits per heavy atom. The van der Waals surface area contributed by atoms with E-state index < -0.39 is 12.0 Å². The lowest BCUT2D eigenvalue weighted by atomic mass is 10.1. The summed E-state index contributed by atoms with van der Waals surface area (Å²) in [6.07, 6.45) is 5.87. The molecule has 1 aromatic carbocycles. The second kappa shape index (κ2) is 7.45. The summed E-state index contributed by atoms with van der Waals surface area (Å²) in [7, 11) is 0. The van der Waals surface area contributed by atoms with Gasteiger partial charge in [-0.15, -0.1) is 0 Å². The molecule has 1 atom stereocenters. The van der Waals surface area contributed by atoms with Crippen LogP contribution in [0, 0.1) is 0 Å². The molecule has 5 heteroatoms. The number of rotatable bonds is 7. The molecule has 0 aliphatic rings. The number of carbonyl (C=O) groups excluding carboxylic acids is 1. The number of hydrogen-bond donors (Lipinski definition) is 2. The Morgan fingerprint density at radius 3 is 2.59 bits per heavy atom. The molecule has 0 saturated heterocycles. The smallest absolute Gasteiger partial charge is 0.326 e. The highest BCUT2D eigenvalue weighted by Gasteiger charge is 2.20. The van der Waals surface area contributed by atoms with E-state index in [1.807, 2.05) is 42.1 Å². The first-order valence-corrected chi connectivity index (χ1v) is 7.39. The molecule has 1 amide bonds. The molecule has 0 fully saturated rings. The largest absolute Gasteiger partial charge is 0.480 e. The molecule has 1 heterocycles. The molecule has 5 nitrogen and oxygen atoms in total. The van der Waals surface area contributed by atoms with Gasteiger partial charge in [-0.3, -0.25) is 4.79 Å². The van der Waals surface area contributed by atoms with E-state index in [1.165, 1.54) is 0 Å². The van der Waals surface area contributed by atoms with Crippen LogP contribution in [0.25, 0.3) is 5.69 Å². The van der Waals surface area contributed by atoms with Crippen LogP contribution in [0.3, 0.4) is 0 Å². The van der Waals surface area contributed by atoms with Gasteiger partial charge in [-0.25, -0.2) is 4.79 Å². The van der Waals surface area contributed by atoms with Crippen molar-refractivity contribution in [2.75, 3.05) is 0 Å². The van der Waals surface area contributed by atoms with E-state index >= 15 is 0 Å². The number of aromatic nitrogens is 1. The number of aliphatic carboxylic acids is 1. The molecule has 0 aliphatic heterocycles. The number of hydrogen-bond acceptors (Lipinski definition) is 2. The van der Waals surface area contributed by atoms with E-state index in [-0.39, 0.29) is 5.91 Å². The normalized spacial score (nSPS) is 11.9. The maximum Gasteiger partial charge on any atom is 0.326 e. The van der Waals surface area contributed by atoms with E-state index in [0.29, 0.717) is 12.0 Å². The number of carboxylic acid groups (broad SMARTS) is 1. The summed E-state index contributed by atoms with van der Waals surface area (Å²) < 4.78 is 1.89. The maximum atomic E-state index is 12.3. The van der Waals surface area contributed by atoms with Crippen molar-refractivity contribution in [1.29, 1.82) is 0 Å². The number of nitrogens with zero attached hydrogens (tertiary/aromatic N) is 1. The first kappa shape index (κ1) is 15.8. The third kappa shape index (κ3) is 3.97. The van der Waals surface area contributed by atoms with Gasteiger partial charge in [-0.05, 0) is 36.8 Å². The lowest BCUT2D eigenvalue weighted by Gasteiger charge is -2.14. The average molecular weight is 300 g/mol. The molecule has 0 aliphatic carbocycles. The highest BCUT2D eigenvalue weighted by Crippen LogP contribution is 2.12. The van der Waals surface area contributed by atoms with E-state index in [9.17, 15) is 14.7 Å². The van der Waals surface area contributed by atoms with Gasteiger partial charge in [0.25, 0.3) is 5.91 Å². The van der Waals surface area contributed by atoms with Gasteiger partial charge in [0.15, 0.2) is 0 Å². The fourth-order valence-electron chi connectivity index (χ4n) is 2.22. The lowest BCUT2D eigenvalue weighted by molar-refractivity contribution is -0.139. The van der Waals surface area contributed by atoms with Crippen LogP contribution < -0.4 is 5.32 Å². The molecule has 2 aromatic rings. The highest BCUT2D eigenvalue weighted by molar-refractivity contribution is 5.97. The molecule has 22 heavy (non-hydrogen) atoms. The molecular formula is C17H20N2O3. The maximum absolute atomic E-state index is 12.3. The van der Waals surface area contributed by atoms with Crippen LogP contribution in [0.15, 0.2) is 48.8 Å². The first-order valence-electron chi connectivity index (χ1n) is 7.39. The predicted molar refractivity (Wildman–Crippen MR) is 84.2 cm³/mol. The number of carboxylic acids is 1. The number of amides is 1. The molecular weight excluding hydrogens is 280 g/mol. The molecule has 2 N–H and O–H groups in total. The summed E-state index contributed by atoms with van der Waals surface area (Å²) in [5.41, 5.74) is 1.31. The van der Waals surface area contributed by atoms with Crippen LogP contribution in [0.4, 0.5) is 0 Å². The number of benzene rings is 1. The Morgan fingerprint density at radius 1 is 1.23 bits per heavy atom. The Labute approximate surface area is 129 Å². The first-order chi connectivity index (χ1) is 10.6. The summed E-state index contributed by atoms with van der Waals surface area (Å²) in [4.78, 5) is 23.5. The van der Waals surface area contributed by atoms with Crippen molar-refractivity contribution in [2.24, 2.45) is 0 Å². The van der Waals surface area contributed by atoms with Gasteiger partial charge in [0, 0.05) is 23.6 Å². The fraction of sp³-hybridized carbons (Fsp3) is 0.294. The summed E-state index contributed by atoms with van der Waals surface area (Å²) in [5, 5.41) is 11.8. The van der Waals surface area contributed by atoms with Crippen LogP contribution in [-0.4, -0.2) is 27.6 Å². The monoisotopic (exact) mass is 300 g/mol. The summed E-state index contributed by atoms with van der Waals surface area (Å²) in [5.74, 6) is -1.36. The molecule has 0 saturated carbocycles. The molecule has 1 aromatic heterocycles. The Bertz CT molecular complexity index is 635. The van der Waals surface area contributed by atoms with Crippen molar-refractivity contribution < 1.29 is 14.7 Å². The summed E-state index contributed by atoms with van der Waals surface area (Å²) >= 11 is 0. The van der Waals surface area contributed by atoms with Crippen LogP contribution in [0.5, 0.6) is 0 Å². The van der Waals surface area contributed by atoms with Gasteiger partial charge in [0.05, 0.1) is 0 Å². The highest BCUT2D eigenvalue weighted by atomic mass is 16.4. The lowest BCUT2D eigenvalue weighted by Crippen LogP contribution is -2.40. The van der Waals surface area contributed by atoms with Gasteiger partial charge >= 0.3 is 5.97 Å². The summed E-state index contributed by atoms with van der Waals surface area (Å²) in [6, 6.07) is 10.1. The number of carbonyl (C=O) groups is 2. The van der Waals surface area contributed by atoms with Crippen molar-refractivity contribution in [3.05, 3.63) is 54.4 Å². The molecule has 0 bridgehead atoms. The number of unbranched alkanes of at least 4 members (excludes halogenated alkanes) is 1. The number of nitrogens with one attached hydrogen (secondary N) is 1. The topological polar surface area (TPSA) is 71.3 Å². The van der Waals surface area contributed by atoms with Crippen LogP contribution >= 0.6 is 0 Å². The molecule has 0 radical (unpaired) electrons. The molecule has 116 valence electrons. The third-order valence-electron chi connectivity index (χ3n) is 3.46. The fourth-order valence-corrected chi connectivity index (χ4v) is 2.22. The minimum absolute atomic E-state index is 0.363. The minimum atomic E-state index is -0.997. The van der Waals surface area contributed by atoms with E-state index in [0.717, 1.165) is 18.5 Å². The third-order valence-corrected chi connectivity index (χ3v) is 3.46. The summed E-state index contributed by atoms with van der Waals surface area (Å²) in [6.45, 7) is 1.99. The SMILES string of the molecule is CCCCC(NC(=O)c1cccc(-n2cccc2)c1)C(=O)O. The van der Waals surface area contributed by atoms with Crippen molar-refractivity contribution in [3.63, 3.8) is 0 Å². The van der Waals surface area contributed by atoms with Crippen molar-refractivity contribution in [2.45, 2.75) is 32.2 Å². The quantitative estimate of drug-likeness (QED) is 0.826. The Balaban J connectivity index is 2.12. The predicted octanol–water partition coefficient (Wildman–Crippen LogP) is 2.85. The second-order valence-electron chi connectivity index (χ2n) is 5.15. The minimum Gasteiger partial charge on any atom is -0.480 e. The standard InChI is InChI=1S/C17H20N2O3/c1-2-3-9-15(17(21)22)18-16(20)13-7-6-8-14(12-13)19-10-4-5-11-19/h4-8,10-12,15H,2-3,9H2,1H3,(H,18,20)(H,21,22). The zero-order valence-electron chi connectivity index (χ0n) is 12.5. The van der Waals surface area contributed by atoms with Crippen LogP contribution in [0.1, 0.15) is 36.5 Å². The van der Waals surface area contributed by atoms with Gasteiger partial charge in [-0.2, -0.15) is 0 Å². The molecule has 0 spiro atoms. The van der Waals surface area contributed by atoms with Gasteiger partial charge in [-0.1, -0.05) is 25.8 Å². The van der Waals surface area contributed by atoms with Crippen molar-refractivity contribution in [1.82, 2.24) is 9.88 Å². The zero-order valence-corrected chi connectivity index (χ0v) is 12.5. The molecule has 2 rings (SSSR count). The van der Waals surface area contributed by atoms with Gasteiger partial charge < -0.3 is 15.0 Å². The second-order valence-corrected chi connectivity index (χ2v) is 5.15. The Kier molecular flexibility index (Phi) is 5.36. The Hall–Kier alpha value is -2.56. The van der Waals surface area contributed by atoms with Gasteiger partial charge in [0.1, 0.15) is 6.04 Å². The molecule has 1 unspecified atom stereocenters. The van der Waals surface area contributed by atoms with E-state index in [1.54, 1.807) is 18.2 Å². The zero-order chi connectivity index (χ0) is 15.9. The van der Waals surface area contributed by atoms with Crippen LogP contribution in [0.2, 0.25) is 0 Å².